The van der Waals surface area contributed by atoms with Crippen LogP contribution in [0.25, 0.3) is 0 Å². The molecule has 0 radical (unpaired) electrons. The number of nitrogens with zero attached hydrogens (tertiary/aromatic N) is 1. The monoisotopic (exact) mass is 380 g/mol. The van der Waals surface area contributed by atoms with E-state index in [4.69, 9.17) is 21.1 Å². The lowest BCUT2D eigenvalue weighted by atomic mass is 9.88. The van der Waals surface area contributed by atoms with Crippen LogP contribution in [0.1, 0.15) is 32.3 Å². The van der Waals surface area contributed by atoms with Crippen LogP contribution in [0.2, 0.25) is 5.02 Å². The third-order valence-electron chi connectivity index (χ3n) is 5.13. The van der Waals surface area contributed by atoms with Gasteiger partial charge in [-0.15, -0.1) is 0 Å². The molecule has 1 aromatic carbocycles. The van der Waals surface area contributed by atoms with E-state index in [-0.39, 0.29) is 11.8 Å². The summed E-state index contributed by atoms with van der Waals surface area (Å²) in [7, 11) is 0. The fourth-order valence-electron chi connectivity index (χ4n) is 3.37. The van der Waals surface area contributed by atoms with E-state index in [0.29, 0.717) is 50.7 Å². The highest BCUT2D eigenvalue weighted by Crippen LogP contribution is 2.33. The zero-order chi connectivity index (χ0) is 18.8. The number of likely N-dealkylation sites (tertiary alicyclic amines) is 1. The van der Waals surface area contributed by atoms with E-state index >= 15 is 0 Å². The molecule has 0 unspecified atom stereocenters. The quantitative estimate of drug-likeness (QED) is 0.814. The average molecular weight is 381 g/mol. The third-order valence-corrected chi connectivity index (χ3v) is 5.49. The van der Waals surface area contributed by atoms with Gasteiger partial charge in [-0.05, 0) is 25.5 Å². The van der Waals surface area contributed by atoms with Crippen LogP contribution in [0.15, 0.2) is 24.3 Å². The summed E-state index contributed by atoms with van der Waals surface area (Å²) in [6.07, 6.45) is 1.27. The summed E-state index contributed by atoms with van der Waals surface area (Å²) >= 11 is 6.12. The second-order valence-electron chi connectivity index (χ2n) is 7.30. The number of nitrogens with one attached hydrogen (secondary N) is 1. The summed E-state index contributed by atoms with van der Waals surface area (Å²) in [6, 6.07) is 7.32. The third kappa shape index (κ3) is 3.87. The number of ether oxygens (including phenoxy) is 2. The lowest BCUT2D eigenvalue weighted by Crippen LogP contribution is -2.54. The van der Waals surface area contributed by atoms with Crippen LogP contribution in [-0.4, -0.2) is 48.8 Å². The Hall–Kier alpha value is -1.63. The summed E-state index contributed by atoms with van der Waals surface area (Å²) in [6.45, 7) is 5.86. The first kappa shape index (κ1) is 19.1. The second kappa shape index (κ2) is 7.55. The molecule has 1 N–H and O–H groups in total. The molecule has 2 saturated heterocycles. The number of amides is 2. The van der Waals surface area contributed by atoms with E-state index < -0.39 is 11.2 Å². The highest BCUT2D eigenvalue weighted by atomic mass is 35.5. The molecule has 0 saturated carbocycles. The van der Waals surface area contributed by atoms with Gasteiger partial charge in [0.1, 0.15) is 5.41 Å². The number of piperidine rings is 1. The molecule has 3 rings (SSSR count). The van der Waals surface area contributed by atoms with Gasteiger partial charge in [0.15, 0.2) is 5.79 Å². The molecule has 2 aliphatic rings. The highest BCUT2D eigenvalue weighted by molar-refractivity contribution is 6.31. The van der Waals surface area contributed by atoms with Crippen LogP contribution in [0.4, 0.5) is 0 Å². The molecule has 1 aromatic rings. The molecule has 2 aliphatic heterocycles. The van der Waals surface area contributed by atoms with Crippen molar-refractivity contribution < 1.29 is 19.1 Å². The first-order chi connectivity index (χ1) is 12.3. The summed E-state index contributed by atoms with van der Waals surface area (Å²) in [5.74, 6) is -1.02. The number of hydrogen-bond donors (Lipinski definition) is 1. The van der Waals surface area contributed by atoms with Gasteiger partial charge < -0.3 is 19.7 Å². The summed E-state index contributed by atoms with van der Waals surface area (Å²) in [5.41, 5.74) is -0.329. The Labute approximate surface area is 158 Å². The fourth-order valence-corrected chi connectivity index (χ4v) is 3.57. The van der Waals surface area contributed by atoms with Gasteiger partial charge >= 0.3 is 0 Å². The molecule has 0 aromatic heterocycles. The maximum absolute atomic E-state index is 12.9. The van der Waals surface area contributed by atoms with E-state index in [1.165, 1.54) is 0 Å². The van der Waals surface area contributed by atoms with Crippen molar-refractivity contribution in [1.29, 1.82) is 0 Å². The van der Waals surface area contributed by atoms with Crippen LogP contribution < -0.4 is 5.32 Å². The predicted molar refractivity (Wildman–Crippen MR) is 97.5 cm³/mol. The maximum Gasteiger partial charge on any atom is 0.237 e. The molecule has 2 amide bonds. The molecular formula is C19H25ClN2O4. The van der Waals surface area contributed by atoms with Crippen LogP contribution in [0.3, 0.4) is 0 Å². The summed E-state index contributed by atoms with van der Waals surface area (Å²) < 4.78 is 11.4. The molecule has 0 bridgehead atoms. The van der Waals surface area contributed by atoms with Gasteiger partial charge in [-0.1, -0.05) is 29.8 Å². The van der Waals surface area contributed by atoms with Gasteiger partial charge in [0.05, 0.1) is 13.2 Å². The van der Waals surface area contributed by atoms with Gasteiger partial charge in [0.25, 0.3) is 0 Å². The zero-order valence-corrected chi connectivity index (χ0v) is 16.0. The van der Waals surface area contributed by atoms with Gasteiger partial charge in [-0.3, -0.25) is 9.59 Å². The Morgan fingerprint density at radius 2 is 1.81 bits per heavy atom. The summed E-state index contributed by atoms with van der Waals surface area (Å²) in [4.78, 5) is 27.3. The molecule has 2 heterocycles. The smallest absolute Gasteiger partial charge is 0.237 e. The van der Waals surface area contributed by atoms with Crippen molar-refractivity contribution in [3.05, 3.63) is 34.9 Å². The normalized spacial score (nSPS) is 19.6. The molecule has 1 spiro atoms. The van der Waals surface area contributed by atoms with Gasteiger partial charge in [0, 0.05) is 37.5 Å². The SMILES string of the molecule is CC(C)(C(=O)NCc1ccccc1Cl)C(=O)N1CCC2(CC1)OCCO2. The number of carbonyl (C=O) groups excluding carboxylic acids is 2. The standard InChI is InChI=1S/C19H25ClN2O4/c1-18(2,16(23)21-13-14-5-3-4-6-15(14)20)17(24)22-9-7-19(8-10-22)25-11-12-26-19/h3-6H,7-13H2,1-2H3,(H,21,23). The predicted octanol–water partition coefficient (Wildman–Crippen LogP) is 2.35. The topological polar surface area (TPSA) is 67.9 Å². The van der Waals surface area contributed by atoms with Crippen molar-refractivity contribution in [1.82, 2.24) is 10.2 Å². The molecule has 7 heteroatoms. The van der Waals surface area contributed by atoms with Crippen LogP contribution in [0, 0.1) is 5.41 Å². The van der Waals surface area contributed by atoms with Gasteiger partial charge in [0.2, 0.25) is 11.8 Å². The fraction of sp³-hybridized carbons (Fsp3) is 0.579. The highest BCUT2D eigenvalue weighted by Gasteiger charge is 2.45. The van der Waals surface area contributed by atoms with Crippen LogP contribution in [0.5, 0.6) is 0 Å². The van der Waals surface area contributed by atoms with Crippen molar-refractivity contribution >= 4 is 23.4 Å². The zero-order valence-electron chi connectivity index (χ0n) is 15.2. The minimum atomic E-state index is -1.15. The Bertz CT molecular complexity index is 676. The largest absolute Gasteiger partial charge is 0.351 e. The number of rotatable bonds is 4. The number of carbonyl (C=O) groups is 2. The first-order valence-corrected chi connectivity index (χ1v) is 9.31. The lowest BCUT2D eigenvalue weighted by Gasteiger charge is -2.40. The molecule has 2 fully saturated rings. The molecular weight excluding hydrogens is 356 g/mol. The Morgan fingerprint density at radius 1 is 1.19 bits per heavy atom. The first-order valence-electron chi connectivity index (χ1n) is 8.93. The summed E-state index contributed by atoms with van der Waals surface area (Å²) in [5, 5.41) is 3.42. The molecule has 142 valence electrons. The van der Waals surface area contributed by atoms with Crippen molar-refractivity contribution in [3.8, 4) is 0 Å². The maximum atomic E-state index is 12.9. The Morgan fingerprint density at radius 3 is 2.42 bits per heavy atom. The minimum Gasteiger partial charge on any atom is -0.351 e. The van der Waals surface area contributed by atoms with Crippen molar-refractivity contribution in [2.75, 3.05) is 26.3 Å². The van der Waals surface area contributed by atoms with E-state index in [9.17, 15) is 9.59 Å². The number of benzene rings is 1. The van der Waals surface area contributed by atoms with Crippen LogP contribution >= 0.6 is 11.6 Å². The van der Waals surface area contributed by atoms with Gasteiger partial charge in [-0.25, -0.2) is 0 Å². The van der Waals surface area contributed by atoms with E-state index in [1.807, 2.05) is 18.2 Å². The molecule has 6 nitrogen and oxygen atoms in total. The van der Waals surface area contributed by atoms with Crippen LogP contribution in [-0.2, 0) is 25.6 Å². The molecule has 0 atom stereocenters. The molecule has 26 heavy (non-hydrogen) atoms. The van der Waals surface area contributed by atoms with Crippen molar-refractivity contribution in [3.63, 3.8) is 0 Å². The van der Waals surface area contributed by atoms with Crippen molar-refractivity contribution in [2.45, 2.75) is 39.0 Å². The Kier molecular flexibility index (Phi) is 5.55. The minimum absolute atomic E-state index is 0.179. The van der Waals surface area contributed by atoms with E-state index in [2.05, 4.69) is 5.32 Å². The lowest BCUT2D eigenvalue weighted by molar-refractivity contribution is -0.189. The van der Waals surface area contributed by atoms with E-state index in [1.54, 1.807) is 24.8 Å². The average Bonchev–Trinajstić information content (AvgIpc) is 3.09. The number of hydrogen-bond acceptors (Lipinski definition) is 4. The van der Waals surface area contributed by atoms with Gasteiger partial charge in [-0.2, -0.15) is 0 Å². The van der Waals surface area contributed by atoms with E-state index in [0.717, 1.165) is 5.56 Å². The van der Waals surface area contributed by atoms with Crippen molar-refractivity contribution in [2.24, 2.45) is 5.41 Å². The molecule has 0 aliphatic carbocycles. The Balaban J connectivity index is 1.57. The second-order valence-corrected chi connectivity index (χ2v) is 7.71. The number of halogens is 1.